The predicted molar refractivity (Wildman–Crippen MR) is 138 cm³/mol. The molecule has 0 spiro atoms. The summed E-state index contributed by atoms with van der Waals surface area (Å²) in [4.78, 5) is 14.1. The van der Waals surface area contributed by atoms with Crippen molar-refractivity contribution in [3.8, 4) is 11.5 Å². The van der Waals surface area contributed by atoms with Crippen LogP contribution in [0.15, 0.2) is 78.9 Å². The van der Waals surface area contributed by atoms with Gasteiger partial charge in [-0.15, -0.1) is 0 Å². The van der Waals surface area contributed by atoms with Crippen LogP contribution in [0.25, 0.3) is 0 Å². The fourth-order valence-electron chi connectivity index (χ4n) is 5.43. The van der Waals surface area contributed by atoms with Crippen LogP contribution in [-0.4, -0.2) is 74.8 Å². The number of aliphatic hydroxyl groups excluding tert-OH is 1. The number of amides is 2. The Balaban J connectivity index is 1.61. The Morgan fingerprint density at radius 3 is 2.03 bits per heavy atom. The third-order valence-electron chi connectivity index (χ3n) is 7.46. The lowest BCUT2D eigenvalue weighted by atomic mass is 9.79. The van der Waals surface area contributed by atoms with E-state index in [1.807, 2.05) is 78.9 Å². The Morgan fingerprint density at radius 1 is 0.973 bits per heavy atom. The second-order valence-corrected chi connectivity index (χ2v) is 9.36. The standard InChI is InChI=1S/C29H32N2O6/c1-30-27(33)31-18-28(26(32)25(31)17-36-28)19-37-29(20-7-5-4-6-8-20,21-9-13-23(34-2)14-10-21)22-11-15-24(35-3)16-12-22/h4-16,25-26,32H,17-19H2,1-3H3,(H,30,33). The van der Waals surface area contributed by atoms with Gasteiger partial charge in [0.2, 0.25) is 0 Å². The van der Waals surface area contributed by atoms with E-state index < -0.39 is 23.3 Å². The Labute approximate surface area is 216 Å². The smallest absolute Gasteiger partial charge is 0.317 e. The zero-order chi connectivity index (χ0) is 26.0. The first-order valence-electron chi connectivity index (χ1n) is 12.3. The topological polar surface area (TPSA) is 89.5 Å². The molecule has 2 amide bonds. The van der Waals surface area contributed by atoms with Crippen molar-refractivity contribution in [1.29, 1.82) is 0 Å². The first-order valence-corrected chi connectivity index (χ1v) is 12.3. The zero-order valence-corrected chi connectivity index (χ0v) is 21.2. The monoisotopic (exact) mass is 504 g/mol. The molecule has 8 heteroatoms. The fraction of sp³-hybridized carbons (Fsp3) is 0.345. The van der Waals surface area contributed by atoms with Gasteiger partial charge in [0.05, 0.1) is 40.0 Å². The average Bonchev–Trinajstić information content (AvgIpc) is 3.43. The minimum Gasteiger partial charge on any atom is -0.497 e. The zero-order valence-electron chi connectivity index (χ0n) is 21.2. The highest BCUT2D eigenvalue weighted by molar-refractivity contribution is 5.75. The molecule has 2 heterocycles. The van der Waals surface area contributed by atoms with Gasteiger partial charge in [0.1, 0.15) is 28.8 Å². The number of carbonyl (C=O) groups is 1. The SMILES string of the molecule is CNC(=O)N1CC2(COC(c3ccccc3)(c3ccc(OC)cc3)c3ccc(OC)cc3)OCC1C2O. The third-order valence-corrected chi connectivity index (χ3v) is 7.46. The number of nitrogens with one attached hydrogen (secondary N) is 1. The van der Waals surface area contributed by atoms with E-state index in [1.165, 1.54) is 0 Å². The van der Waals surface area contributed by atoms with Crippen molar-refractivity contribution in [3.63, 3.8) is 0 Å². The van der Waals surface area contributed by atoms with E-state index in [-0.39, 0.29) is 25.8 Å². The van der Waals surface area contributed by atoms with Crippen LogP contribution in [0.1, 0.15) is 16.7 Å². The van der Waals surface area contributed by atoms with E-state index in [4.69, 9.17) is 18.9 Å². The summed E-state index contributed by atoms with van der Waals surface area (Å²) in [6.45, 7) is 0.543. The molecule has 2 aliphatic rings. The molecule has 0 aromatic heterocycles. The Morgan fingerprint density at radius 2 is 1.51 bits per heavy atom. The highest BCUT2D eigenvalue weighted by Gasteiger charge is 2.61. The van der Waals surface area contributed by atoms with E-state index in [9.17, 15) is 9.90 Å². The van der Waals surface area contributed by atoms with E-state index in [0.29, 0.717) is 0 Å². The van der Waals surface area contributed by atoms with Gasteiger partial charge in [0.15, 0.2) is 0 Å². The van der Waals surface area contributed by atoms with Crippen LogP contribution in [-0.2, 0) is 15.1 Å². The lowest BCUT2D eigenvalue weighted by molar-refractivity contribution is -0.134. The molecule has 8 nitrogen and oxygen atoms in total. The van der Waals surface area contributed by atoms with Crippen LogP contribution in [0, 0.1) is 0 Å². The van der Waals surface area contributed by atoms with E-state index in [2.05, 4.69) is 5.32 Å². The summed E-state index contributed by atoms with van der Waals surface area (Å²) in [7, 11) is 4.84. The minimum absolute atomic E-state index is 0.0606. The number of likely N-dealkylation sites (tertiary alicyclic amines) is 1. The van der Waals surface area contributed by atoms with Crippen LogP contribution in [0.3, 0.4) is 0 Å². The maximum Gasteiger partial charge on any atom is 0.317 e. The summed E-state index contributed by atoms with van der Waals surface area (Å²) in [6.07, 6.45) is -0.870. The molecule has 3 unspecified atom stereocenters. The molecular weight excluding hydrogens is 472 g/mol. The van der Waals surface area contributed by atoms with Crippen molar-refractivity contribution in [3.05, 3.63) is 95.6 Å². The maximum absolute atomic E-state index is 12.5. The molecule has 3 atom stereocenters. The van der Waals surface area contributed by atoms with Gasteiger partial charge < -0.3 is 34.3 Å². The lowest BCUT2D eigenvalue weighted by Crippen LogP contribution is -2.51. The average molecular weight is 505 g/mol. The van der Waals surface area contributed by atoms with Crippen LogP contribution in [0.2, 0.25) is 0 Å². The van der Waals surface area contributed by atoms with Crippen LogP contribution in [0.4, 0.5) is 4.79 Å². The maximum atomic E-state index is 12.5. The van der Waals surface area contributed by atoms with Crippen molar-refractivity contribution >= 4 is 6.03 Å². The number of rotatable bonds is 8. The third kappa shape index (κ3) is 4.21. The Kier molecular flexibility index (Phi) is 6.81. The summed E-state index contributed by atoms with van der Waals surface area (Å²) in [5.74, 6) is 1.46. The molecule has 194 valence electrons. The molecule has 0 saturated carbocycles. The van der Waals surface area contributed by atoms with E-state index >= 15 is 0 Å². The van der Waals surface area contributed by atoms with Crippen LogP contribution in [0.5, 0.6) is 11.5 Å². The number of nitrogens with zero attached hydrogens (tertiary/aromatic N) is 1. The molecule has 3 aromatic carbocycles. The van der Waals surface area contributed by atoms with Gasteiger partial charge in [-0.05, 0) is 41.0 Å². The number of morpholine rings is 1. The second kappa shape index (κ2) is 10.0. The largest absolute Gasteiger partial charge is 0.497 e. The van der Waals surface area contributed by atoms with Crippen LogP contribution >= 0.6 is 0 Å². The Bertz CT molecular complexity index is 1170. The van der Waals surface area contributed by atoms with Crippen molar-refractivity contribution in [2.24, 2.45) is 0 Å². The Hall–Kier alpha value is -3.59. The molecule has 0 aliphatic carbocycles. The van der Waals surface area contributed by atoms with Gasteiger partial charge in [-0.25, -0.2) is 4.79 Å². The van der Waals surface area contributed by atoms with Gasteiger partial charge in [-0.3, -0.25) is 0 Å². The predicted octanol–water partition coefficient (Wildman–Crippen LogP) is 3.17. The fourth-order valence-corrected chi connectivity index (χ4v) is 5.43. The molecule has 2 aliphatic heterocycles. The molecule has 0 radical (unpaired) electrons. The summed E-state index contributed by atoms with van der Waals surface area (Å²) in [6, 6.07) is 24.8. The number of methoxy groups -OCH3 is 2. The number of ether oxygens (including phenoxy) is 4. The number of fused-ring (bicyclic) bond motifs is 2. The molecule has 5 rings (SSSR count). The summed E-state index contributed by atoms with van der Waals surface area (Å²) in [5, 5.41) is 13.8. The quantitative estimate of drug-likeness (QED) is 0.458. The lowest BCUT2D eigenvalue weighted by Gasteiger charge is -2.40. The molecule has 2 N–H and O–H groups in total. The van der Waals surface area contributed by atoms with Gasteiger partial charge in [0, 0.05) is 7.05 Å². The van der Waals surface area contributed by atoms with Gasteiger partial charge in [-0.2, -0.15) is 0 Å². The molecular formula is C29H32N2O6. The van der Waals surface area contributed by atoms with Crippen molar-refractivity contribution < 1.29 is 28.8 Å². The molecule has 2 saturated heterocycles. The minimum atomic E-state index is -1.05. The number of aliphatic hydroxyl groups is 1. The highest BCUT2D eigenvalue weighted by Crippen LogP contribution is 2.45. The van der Waals surface area contributed by atoms with Gasteiger partial charge >= 0.3 is 6.03 Å². The second-order valence-electron chi connectivity index (χ2n) is 9.36. The van der Waals surface area contributed by atoms with Crippen molar-refractivity contribution in [2.75, 3.05) is 41.0 Å². The van der Waals surface area contributed by atoms with Gasteiger partial charge in [0.25, 0.3) is 0 Å². The summed E-state index contributed by atoms with van der Waals surface area (Å²) >= 11 is 0. The number of urea groups is 1. The number of hydrogen-bond donors (Lipinski definition) is 2. The number of carbonyl (C=O) groups excluding carboxylic acids is 1. The van der Waals surface area contributed by atoms with Crippen LogP contribution < -0.4 is 14.8 Å². The summed E-state index contributed by atoms with van der Waals surface area (Å²) < 4.78 is 23.9. The molecule has 3 aromatic rings. The van der Waals surface area contributed by atoms with Crippen molar-refractivity contribution in [1.82, 2.24) is 10.2 Å². The first-order chi connectivity index (χ1) is 18.0. The normalized spacial score (nSPS) is 22.6. The summed E-state index contributed by atoms with van der Waals surface area (Å²) in [5.41, 5.74) is 0.580. The van der Waals surface area contributed by atoms with E-state index in [1.54, 1.807) is 26.2 Å². The molecule has 2 bridgehead atoms. The highest BCUT2D eigenvalue weighted by atomic mass is 16.6. The molecule has 37 heavy (non-hydrogen) atoms. The van der Waals surface area contributed by atoms with Crippen molar-refractivity contribution in [2.45, 2.75) is 23.3 Å². The first kappa shape index (κ1) is 25.1. The van der Waals surface area contributed by atoms with Gasteiger partial charge in [-0.1, -0.05) is 54.6 Å². The number of hydrogen-bond acceptors (Lipinski definition) is 6. The number of benzene rings is 3. The molecule has 2 fully saturated rings. The van der Waals surface area contributed by atoms with E-state index in [0.717, 1.165) is 28.2 Å².